The first kappa shape index (κ1) is 14.5. The number of carbonyl (C=O) groups is 2. The summed E-state index contributed by atoms with van der Waals surface area (Å²) in [7, 11) is 0. The Morgan fingerprint density at radius 2 is 2.00 bits per heavy atom. The monoisotopic (exact) mass is 354 g/mol. The second-order valence-corrected chi connectivity index (χ2v) is 5.11. The molecule has 5 nitrogen and oxygen atoms in total. The molecule has 2 rings (SSSR count). The molecule has 0 aliphatic carbocycles. The van der Waals surface area contributed by atoms with Crippen LogP contribution in [-0.2, 0) is 0 Å². The Morgan fingerprint density at radius 1 is 1.25 bits per heavy atom. The van der Waals surface area contributed by atoms with E-state index in [1.165, 1.54) is 18.2 Å². The van der Waals surface area contributed by atoms with E-state index in [0.29, 0.717) is 9.50 Å². The van der Waals surface area contributed by atoms with Crippen molar-refractivity contribution < 1.29 is 14.7 Å². The quantitative estimate of drug-likeness (QED) is 0.884. The molecule has 20 heavy (non-hydrogen) atoms. The van der Waals surface area contributed by atoms with E-state index in [9.17, 15) is 9.59 Å². The van der Waals surface area contributed by atoms with Crippen molar-refractivity contribution in [2.24, 2.45) is 0 Å². The first-order valence-corrected chi connectivity index (χ1v) is 6.61. The lowest BCUT2D eigenvalue weighted by molar-refractivity contribution is 0.0690. The van der Waals surface area contributed by atoms with Crippen molar-refractivity contribution in [3.63, 3.8) is 0 Å². The number of anilines is 1. The zero-order valence-electron chi connectivity index (χ0n) is 9.93. The highest BCUT2D eigenvalue weighted by Gasteiger charge is 2.13. The number of rotatable bonds is 3. The van der Waals surface area contributed by atoms with Crippen LogP contribution in [0.3, 0.4) is 0 Å². The number of pyridine rings is 1. The number of hydrogen-bond donors (Lipinski definition) is 2. The van der Waals surface area contributed by atoms with Gasteiger partial charge >= 0.3 is 5.97 Å². The molecule has 0 aliphatic heterocycles. The third kappa shape index (κ3) is 3.34. The zero-order chi connectivity index (χ0) is 14.7. The number of aromatic nitrogens is 1. The number of carboxylic acids is 1. The fourth-order valence-electron chi connectivity index (χ4n) is 1.48. The number of nitrogens with one attached hydrogen (secondary N) is 1. The molecule has 0 atom stereocenters. The van der Waals surface area contributed by atoms with Crippen LogP contribution >= 0.6 is 27.5 Å². The Hall–Kier alpha value is -1.92. The average molecular weight is 356 g/mol. The van der Waals surface area contributed by atoms with Crippen LogP contribution in [0.2, 0.25) is 5.02 Å². The summed E-state index contributed by atoms with van der Waals surface area (Å²) in [5.41, 5.74) is 0.117. The van der Waals surface area contributed by atoms with Gasteiger partial charge in [-0.1, -0.05) is 33.6 Å². The number of aromatic carboxylic acids is 1. The van der Waals surface area contributed by atoms with Crippen molar-refractivity contribution >= 4 is 45.2 Å². The number of amides is 1. The van der Waals surface area contributed by atoms with Gasteiger partial charge in [0.25, 0.3) is 5.91 Å². The van der Waals surface area contributed by atoms with Gasteiger partial charge in [-0.3, -0.25) is 4.79 Å². The van der Waals surface area contributed by atoms with Crippen molar-refractivity contribution in [2.45, 2.75) is 0 Å². The molecule has 0 aliphatic rings. The van der Waals surface area contributed by atoms with Crippen molar-refractivity contribution in [1.82, 2.24) is 4.98 Å². The van der Waals surface area contributed by atoms with Crippen LogP contribution in [0.1, 0.15) is 20.8 Å². The van der Waals surface area contributed by atoms with E-state index >= 15 is 0 Å². The maximum absolute atomic E-state index is 12.1. The summed E-state index contributed by atoms with van der Waals surface area (Å²) in [6.45, 7) is 0. The molecule has 0 saturated carbocycles. The molecule has 1 amide bonds. The summed E-state index contributed by atoms with van der Waals surface area (Å²) in [6.07, 6.45) is 0. The molecule has 7 heteroatoms. The standard InChI is InChI=1S/C13H8BrClN2O3/c14-7-4-5-9(15)8(6-7)12(18)17-11-3-1-2-10(16-11)13(19)20/h1-6H,(H,19,20)(H,16,17,18). The van der Waals surface area contributed by atoms with E-state index in [-0.39, 0.29) is 17.1 Å². The lowest BCUT2D eigenvalue weighted by Crippen LogP contribution is -2.14. The zero-order valence-corrected chi connectivity index (χ0v) is 12.3. The minimum atomic E-state index is -1.17. The Balaban J connectivity index is 2.25. The van der Waals surface area contributed by atoms with Crippen molar-refractivity contribution in [3.05, 3.63) is 57.2 Å². The number of hydrogen-bond acceptors (Lipinski definition) is 3. The van der Waals surface area contributed by atoms with E-state index in [4.69, 9.17) is 16.7 Å². The molecule has 2 aromatic rings. The molecule has 1 aromatic heterocycles. The Bertz CT molecular complexity index is 691. The predicted molar refractivity (Wildman–Crippen MR) is 78.3 cm³/mol. The van der Waals surface area contributed by atoms with Gasteiger partial charge in [0.2, 0.25) is 0 Å². The van der Waals surface area contributed by atoms with Gasteiger partial charge in [0.15, 0.2) is 5.69 Å². The molecule has 1 aromatic carbocycles. The van der Waals surface area contributed by atoms with Gasteiger partial charge in [-0.15, -0.1) is 0 Å². The SMILES string of the molecule is O=C(O)c1cccc(NC(=O)c2cc(Br)ccc2Cl)n1. The van der Waals surface area contributed by atoms with Gasteiger partial charge in [-0.05, 0) is 30.3 Å². The highest BCUT2D eigenvalue weighted by molar-refractivity contribution is 9.10. The minimum absolute atomic E-state index is 0.144. The summed E-state index contributed by atoms with van der Waals surface area (Å²) < 4.78 is 0.708. The minimum Gasteiger partial charge on any atom is -0.477 e. The summed E-state index contributed by atoms with van der Waals surface area (Å²) in [5, 5.41) is 11.6. The topological polar surface area (TPSA) is 79.3 Å². The van der Waals surface area contributed by atoms with Crippen molar-refractivity contribution in [3.8, 4) is 0 Å². The fraction of sp³-hybridized carbons (Fsp3) is 0. The van der Waals surface area contributed by atoms with Crippen molar-refractivity contribution in [1.29, 1.82) is 0 Å². The summed E-state index contributed by atoms with van der Waals surface area (Å²) in [4.78, 5) is 26.7. The molecular formula is C13H8BrClN2O3. The third-order valence-electron chi connectivity index (χ3n) is 2.38. The molecule has 0 fully saturated rings. The van der Waals surface area contributed by atoms with Crippen molar-refractivity contribution in [2.75, 3.05) is 5.32 Å². The molecule has 0 unspecified atom stereocenters. The molecule has 0 saturated heterocycles. The molecule has 2 N–H and O–H groups in total. The van der Waals surface area contributed by atoms with E-state index in [2.05, 4.69) is 26.2 Å². The van der Waals surface area contributed by atoms with Crippen LogP contribution in [0.5, 0.6) is 0 Å². The van der Waals surface area contributed by atoms with Gasteiger partial charge in [-0.25, -0.2) is 9.78 Å². The smallest absolute Gasteiger partial charge is 0.354 e. The van der Waals surface area contributed by atoms with Crippen LogP contribution in [0.15, 0.2) is 40.9 Å². The molecule has 0 bridgehead atoms. The van der Waals surface area contributed by atoms with Gasteiger partial charge in [0.1, 0.15) is 5.82 Å². The van der Waals surface area contributed by atoms with E-state index in [1.54, 1.807) is 18.2 Å². The molecule has 1 heterocycles. The van der Waals surface area contributed by atoms with Gasteiger partial charge in [0.05, 0.1) is 10.6 Å². The lowest BCUT2D eigenvalue weighted by atomic mass is 10.2. The number of carboxylic acid groups (broad SMARTS) is 1. The summed E-state index contributed by atoms with van der Waals surface area (Å²) >= 11 is 9.19. The molecular weight excluding hydrogens is 348 g/mol. The highest BCUT2D eigenvalue weighted by Crippen LogP contribution is 2.21. The van der Waals surface area contributed by atoms with Crippen LogP contribution in [0.4, 0.5) is 5.82 Å². The van der Waals surface area contributed by atoms with Crippen LogP contribution in [-0.4, -0.2) is 22.0 Å². The molecule has 0 spiro atoms. The maximum atomic E-state index is 12.1. The third-order valence-corrected chi connectivity index (χ3v) is 3.21. The largest absolute Gasteiger partial charge is 0.477 e. The second kappa shape index (κ2) is 6.02. The van der Waals surface area contributed by atoms with E-state index < -0.39 is 11.9 Å². The average Bonchev–Trinajstić information content (AvgIpc) is 2.41. The number of carbonyl (C=O) groups excluding carboxylic acids is 1. The van der Waals surface area contributed by atoms with Gasteiger partial charge in [0, 0.05) is 4.47 Å². The maximum Gasteiger partial charge on any atom is 0.354 e. The van der Waals surface area contributed by atoms with Gasteiger partial charge < -0.3 is 10.4 Å². The number of halogens is 2. The normalized spacial score (nSPS) is 10.1. The Morgan fingerprint density at radius 3 is 2.70 bits per heavy atom. The molecule has 0 radical (unpaired) electrons. The van der Waals surface area contributed by atoms with Crippen LogP contribution in [0.25, 0.3) is 0 Å². The number of nitrogens with zero attached hydrogens (tertiary/aromatic N) is 1. The summed E-state index contributed by atoms with van der Waals surface area (Å²) in [5.74, 6) is -1.49. The fourth-order valence-corrected chi connectivity index (χ4v) is 2.04. The lowest BCUT2D eigenvalue weighted by Gasteiger charge is -2.07. The predicted octanol–water partition coefficient (Wildman–Crippen LogP) is 3.45. The first-order valence-electron chi connectivity index (χ1n) is 5.44. The van der Waals surface area contributed by atoms with Crippen LogP contribution in [0, 0.1) is 0 Å². The first-order chi connectivity index (χ1) is 9.47. The van der Waals surface area contributed by atoms with E-state index in [1.807, 2.05) is 0 Å². The van der Waals surface area contributed by atoms with Gasteiger partial charge in [-0.2, -0.15) is 0 Å². The second-order valence-electron chi connectivity index (χ2n) is 3.79. The number of benzene rings is 1. The molecule has 102 valence electrons. The Kier molecular flexibility index (Phi) is 4.36. The Labute approximate surface area is 127 Å². The van der Waals surface area contributed by atoms with E-state index in [0.717, 1.165) is 0 Å². The highest BCUT2D eigenvalue weighted by atomic mass is 79.9. The summed E-state index contributed by atoms with van der Waals surface area (Å²) in [6, 6.07) is 9.19. The van der Waals surface area contributed by atoms with Crippen LogP contribution < -0.4 is 5.32 Å².